The molecule has 4 saturated heterocycles. The van der Waals surface area contributed by atoms with E-state index in [1.807, 2.05) is 0 Å². The summed E-state index contributed by atoms with van der Waals surface area (Å²) in [6.07, 6.45) is 0.833. The standard InChI is InChI=1S/C16H22F2O4/c1-8-4-5-11-9(2)12(13(17)18)19-14-16(11)10(8)6-7-15(3,20-14)21-22-16/h8-11,14H,4-7H2,1-3H3/t8-,9-,10+,11+,14-,15?,16?/m1/s1. The van der Waals surface area contributed by atoms with Crippen molar-refractivity contribution in [3.8, 4) is 0 Å². The van der Waals surface area contributed by atoms with Gasteiger partial charge in [-0.15, -0.1) is 0 Å². The molecule has 0 amide bonds. The molecule has 0 aromatic rings. The molecule has 124 valence electrons. The van der Waals surface area contributed by atoms with E-state index in [1.54, 1.807) is 13.8 Å². The zero-order valence-electron chi connectivity index (χ0n) is 13.1. The van der Waals surface area contributed by atoms with Gasteiger partial charge in [-0.05, 0) is 32.1 Å². The third-order valence-electron chi connectivity index (χ3n) is 6.21. The highest BCUT2D eigenvalue weighted by molar-refractivity contribution is 5.16. The van der Waals surface area contributed by atoms with E-state index in [0.29, 0.717) is 12.3 Å². The molecule has 7 atom stereocenters. The van der Waals surface area contributed by atoms with Crippen molar-refractivity contribution in [1.29, 1.82) is 0 Å². The first kappa shape index (κ1) is 14.8. The fourth-order valence-electron chi connectivity index (χ4n) is 5.01. The summed E-state index contributed by atoms with van der Waals surface area (Å²) in [7, 11) is 0. The van der Waals surface area contributed by atoms with Crippen LogP contribution < -0.4 is 0 Å². The monoisotopic (exact) mass is 316 g/mol. The van der Waals surface area contributed by atoms with Crippen LogP contribution in [0.1, 0.15) is 46.5 Å². The number of hydrogen-bond acceptors (Lipinski definition) is 4. The van der Waals surface area contributed by atoms with Crippen LogP contribution in [0.25, 0.3) is 0 Å². The van der Waals surface area contributed by atoms with E-state index in [9.17, 15) is 8.78 Å². The molecular weight excluding hydrogens is 294 g/mol. The van der Waals surface area contributed by atoms with Crippen molar-refractivity contribution in [2.75, 3.05) is 0 Å². The van der Waals surface area contributed by atoms with E-state index in [2.05, 4.69) is 6.92 Å². The van der Waals surface area contributed by atoms with Gasteiger partial charge in [-0.2, -0.15) is 8.78 Å². The summed E-state index contributed by atoms with van der Waals surface area (Å²) >= 11 is 0. The van der Waals surface area contributed by atoms with E-state index in [-0.39, 0.29) is 17.6 Å². The minimum Gasteiger partial charge on any atom is -0.460 e. The first-order valence-corrected chi connectivity index (χ1v) is 8.14. The summed E-state index contributed by atoms with van der Waals surface area (Å²) in [5.74, 6) is -1.00. The second-order valence-electron chi connectivity index (χ2n) is 7.44. The minimum absolute atomic E-state index is 0.0772. The van der Waals surface area contributed by atoms with Gasteiger partial charge in [0, 0.05) is 24.2 Å². The number of fused-ring (bicyclic) bond motifs is 2. The number of hydrogen-bond donors (Lipinski definition) is 0. The van der Waals surface area contributed by atoms with Crippen LogP contribution in [0.15, 0.2) is 11.8 Å². The molecule has 4 heterocycles. The third-order valence-corrected chi connectivity index (χ3v) is 6.21. The largest absolute Gasteiger partial charge is 0.460 e. The van der Waals surface area contributed by atoms with Crippen molar-refractivity contribution in [3.63, 3.8) is 0 Å². The Morgan fingerprint density at radius 2 is 1.86 bits per heavy atom. The summed E-state index contributed by atoms with van der Waals surface area (Å²) < 4.78 is 38.2. The smallest absolute Gasteiger partial charge is 0.308 e. The number of ether oxygens (including phenoxy) is 2. The van der Waals surface area contributed by atoms with E-state index in [1.165, 1.54) is 0 Å². The second kappa shape index (κ2) is 4.65. The Morgan fingerprint density at radius 3 is 2.59 bits per heavy atom. The highest BCUT2D eigenvalue weighted by Gasteiger charge is 2.69. The summed E-state index contributed by atoms with van der Waals surface area (Å²) in [6.45, 7) is 5.77. The molecule has 0 aromatic heterocycles. The van der Waals surface area contributed by atoms with Gasteiger partial charge >= 0.3 is 6.08 Å². The fraction of sp³-hybridized carbons (Fsp3) is 0.875. The molecule has 4 nitrogen and oxygen atoms in total. The minimum atomic E-state index is -1.76. The summed E-state index contributed by atoms with van der Waals surface area (Å²) in [5, 5.41) is 0. The summed E-state index contributed by atoms with van der Waals surface area (Å²) in [5.41, 5.74) is -0.772. The molecule has 2 bridgehead atoms. The molecule has 5 aliphatic rings. The molecule has 5 rings (SSSR count). The zero-order chi connectivity index (χ0) is 15.7. The van der Waals surface area contributed by atoms with Gasteiger partial charge in [-0.25, -0.2) is 9.78 Å². The quantitative estimate of drug-likeness (QED) is 0.634. The molecule has 0 radical (unpaired) electrons. The molecule has 2 unspecified atom stereocenters. The Labute approximate surface area is 128 Å². The van der Waals surface area contributed by atoms with Crippen LogP contribution >= 0.6 is 0 Å². The first-order valence-electron chi connectivity index (χ1n) is 8.14. The average Bonchev–Trinajstić information content (AvgIpc) is 2.69. The van der Waals surface area contributed by atoms with E-state index in [4.69, 9.17) is 19.2 Å². The molecule has 0 aromatic carbocycles. The maximum atomic E-state index is 13.3. The fourth-order valence-corrected chi connectivity index (χ4v) is 5.01. The molecule has 1 saturated carbocycles. The second-order valence-corrected chi connectivity index (χ2v) is 7.44. The molecule has 5 fully saturated rings. The van der Waals surface area contributed by atoms with Crippen LogP contribution in [0.4, 0.5) is 8.78 Å². The van der Waals surface area contributed by atoms with E-state index in [0.717, 1.165) is 19.3 Å². The molecule has 4 aliphatic heterocycles. The molecule has 1 aliphatic carbocycles. The van der Waals surface area contributed by atoms with Crippen LogP contribution in [0.3, 0.4) is 0 Å². The Morgan fingerprint density at radius 1 is 1.09 bits per heavy atom. The molecule has 22 heavy (non-hydrogen) atoms. The SMILES string of the molecule is C[C@@H]1CC[C@H]2[C@@H](C)C(=C(F)F)O[C@@H]3OC4(C)CC[C@@H]1C32OO4. The number of rotatable bonds is 0. The van der Waals surface area contributed by atoms with Crippen LogP contribution in [0, 0.1) is 23.7 Å². The van der Waals surface area contributed by atoms with Crippen LogP contribution in [0.2, 0.25) is 0 Å². The van der Waals surface area contributed by atoms with Crippen molar-refractivity contribution in [2.24, 2.45) is 23.7 Å². The lowest BCUT2D eigenvalue weighted by atomic mass is 9.58. The molecule has 1 spiro atoms. The van der Waals surface area contributed by atoms with Crippen molar-refractivity contribution in [3.05, 3.63) is 11.8 Å². The van der Waals surface area contributed by atoms with E-state index < -0.39 is 29.7 Å². The van der Waals surface area contributed by atoms with Gasteiger partial charge in [0.15, 0.2) is 11.4 Å². The highest BCUT2D eigenvalue weighted by atomic mass is 19.3. The number of halogens is 2. The molecular formula is C16H22F2O4. The average molecular weight is 316 g/mol. The van der Waals surface area contributed by atoms with E-state index >= 15 is 0 Å². The third kappa shape index (κ3) is 1.77. The van der Waals surface area contributed by atoms with Gasteiger partial charge in [0.1, 0.15) is 0 Å². The van der Waals surface area contributed by atoms with Gasteiger partial charge < -0.3 is 9.47 Å². The summed E-state index contributed by atoms with van der Waals surface area (Å²) in [6, 6.07) is 0. The first-order chi connectivity index (χ1) is 10.4. The molecule has 0 N–H and O–H groups in total. The van der Waals surface area contributed by atoms with Gasteiger partial charge in [0.25, 0.3) is 0 Å². The van der Waals surface area contributed by atoms with Crippen molar-refractivity contribution < 1.29 is 28.0 Å². The Kier molecular flexibility index (Phi) is 3.14. The summed E-state index contributed by atoms with van der Waals surface area (Å²) in [4.78, 5) is 11.5. The number of allylic oxidation sites excluding steroid dienone is 1. The lowest BCUT2D eigenvalue weighted by molar-refractivity contribution is -0.562. The van der Waals surface area contributed by atoms with Crippen molar-refractivity contribution in [1.82, 2.24) is 0 Å². The van der Waals surface area contributed by atoms with Gasteiger partial charge in [-0.3, -0.25) is 0 Å². The maximum Gasteiger partial charge on any atom is 0.308 e. The van der Waals surface area contributed by atoms with Crippen LogP contribution in [-0.2, 0) is 19.2 Å². The normalized spacial score (nSPS) is 53.5. The van der Waals surface area contributed by atoms with Gasteiger partial charge in [0.05, 0.1) is 0 Å². The van der Waals surface area contributed by atoms with Gasteiger partial charge in [0.2, 0.25) is 12.1 Å². The predicted molar refractivity (Wildman–Crippen MR) is 72.3 cm³/mol. The Hall–Kier alpha value is -0.720. The molecule has 6 heteroatoms. The van der Waals surface area contributed by atoms with Gasteiger partial charge in [-0.1, -0.05) is 13.8 Å². The maximum absolute atomic E-state index is 13.3. The lowest BCUT2D eigenvalue weighted by Crippen LogP contribution is -2.68. The topological polar surface area (TPSA) is 36.9 Å². The highest BCUT2D eigenvalue weighted by Crippen LogP contribution is 2.61. The zero-order valence-corrected chi connectivity index (χ0v) is 13.1. The van der Waals surface area contributed by atoms with Crippen molar-refractivity contribution in [2.45, 2.75) is 64.1 Å². The Bertz CT molecular complexity index is 520. The van der Waals surface area contributed by atoms with Crippen molar-refractivity contribution >= 4 is 0 Å². The lowest BCUT2D eigenvalue weighted by Gasteiger charge is -2.58. The predicted octanol–water partition coefficient (Wildman–Crippen LogP) is 3.98. The Balaban J connectivity index is 1.84. The van der Waals surface area contributed by atoms with Crippen LogP contribution in [-0.4, -0.2) is 17.7 Å². The van der Waals surface area contributed by atoms with Crippen LogP contribution in [0.5, 0.6) is 0 Å².